The third-order valence-electron chi connectivity index (χ3n) is 2.17. The molecule has 0 aliphatic carbocycles. The molecular weight excluding hydrogens is 232 g/mol. The maximum atomic E-state index is 11.5. The summed E-state index contributed by atoms with van der Waals surface area (Å²) in [6.45, 7) is 2.42. The fourth-order valence-electron chi connectivity index (χ4n) is 1.42. The van der Waals surface area contributed by atoms with Gasteiger partial charge in [0.05, 0.1) is 0 Å². The molecule has 2 rings (SSSR count). The number of nitrogens with one attached hydrogen (secondary N) is 1. The fraction of sp³-hybridized carbons (Fsp3) is 0.400. The molecule has 1 aromatic heterocycles. The summed E-state index contributed by atoms with van der Waals surface area (Å²) >= 11 is 5.65. The van der Waals surface area contributed by atoms with Crippen LogP contribution in [0.25, 0.3) is 0 Å². The standard InChI is InChI=1S/C10H11ClN2O3/c1-2-12-10(14)8-5-6(13-16-8)7-3-4-9(11)15-7/h3-4,8H,2,5H2,1H3,(H,12,14). The number of carbonyl (C=O) groups excluding carboxylic acids is 1. The Balaban J connectivity index is 1.99. The molecule has 1 N–H and O–H groups in total. The maximum absolute atomic E-state index is 11.5. The van der Waals surface area contributed by atoms with E-state index in [-0.39, 0.29) is 5.91 Å². The Morgan fingerprint density at radius 2 is 2.50 bits per heavy atom. The molecular formula is C10H11ClN2O3. The van der Waals surface area contributed by atoms with Crippen molar-refractivity contribution in [2.45, 2.75) is 19.4 Å². The third kappa shape index (κ3) is 2.19. The lowest BCUT2D eigenvalue weighted by atomic mass is 10.1. The van der Waals surface area contributed by atoms with Crippen molar-refractivity contribution in [1.29, 1.82) is 0 Å². The Morgan fingerprint density at radius 3 is 3.12 bits per heavy atom. The largest absolute Gasteiger partial charge is 0.443 e. The van der Waals surface area contributed by atoms with Crippen LogP contribution in [0.1, 0.15) is 19.1 Å². The Labute approximate surface area is 97.4 Å². The second kappa shape index (κ2) is 4.57. The van der Waals surface area contributed by atoms with Crippen LogP contribution >= 0.6 is 11.6 Å². The van der Waals surface area contributed by atoms with Gasteiger partial charge in [0, 0.05) is 13.0 Å². The first-order chi connectivity index (χ1) is 7.70. The summed E-state index contributed by atoms with van der Waals surface area (Å²) in [6.07, 6.45) is -0.172. The number of halogens is 1. The van der Waals surface area contributed by atoms with E-state index >= 15 is 0 Å². The monoisotopic (exact) mass is 242 g/mol. The summed E-state index contributed by atoms with van der Waals surface area (Å²) in [4.78, 5) is 16.5. The number of rotatable bonds is 3. The lowest BCUT2D eigenvalue weighted by Crippen LogP contribution is -2.34. The normalized spacial score (nSPS) is 19.1. The van der Waals surface area contributed by atoms with E-state index in [1.54, 1.807) is 12.1 Å². The Hall–Kier alpha value is -1.49. The molecule has 16 heavy (non-hydrogen) atoms. The van der Waals surface area contributed by atoms with E-state index in [1.165, 1.54) is 0 Å². The Bertz CT molecular complexity index is 427. The molecule has 1 aliphatic heterocycles. The predicted molar refractivity (Wildman–Crippen MR) is 58.4 cm³/mol. The van der Waals surface area contributed by atoms with Crippen molar-refractivity contribution in [3.63, 3.8) is 0 Å². The van der Waals surface area contributed by atoms with Crippen LogP contribution in [0.15, 0.2) is 21.7 Å². The molecule has 1 aliphatic rings. The van der Waals surface area contributed by atoms with E-state index in [2.05, 4.69) is 10.5 Å². The van der Waals surface area contributed by atoms with Crippen LogP contribution < -0.4 is 5.32 Å². The van der Waals surface area contributed by atoms with Crippen molar-refractivity contribution in [3.05, 3.63) is 23.1 Å². The molecule has 1 atom stereocenters. The minimum absolute atomic E-state index is 0.168. The van der Waals surface area contributed by atoms with Crippen molar-refractivity contribution in [2.24, 2.45) is 5.16 Å². The molecule has 5 nitrogen and oxygen atoms in total. The molecule has 1 unspecified atom stereocenters. The van der Waals surface area contributed by atoms with Gasteiger partial charge in [0.25, 0.3) is 5.91 Å². The van der Waals surface area contributed by atoms with E-state index in [0.717, 1.165) is 0 Å². The number of carbonyl (C=O) groups is 1. The van der Waals surface area contributed by atoms with Crippen molar-refractivity contribution in [2.75, 3.05) is 6.54 Å². The summed E-state index contributed by atoms with van der Waals surface area (Å²) < 4.78 is 5.18. The van der Waals surface area contributed by atoms with Gasteiger partial charge in [0.2, 0.25) is 6.10 Å². The van der Waals surface area contributed by atoms with Gasteiger partial charge in [-0.1, -0.05) is 5.16 Å². The van der Waals surface area contributed by atoms with Gasteiger partial charge in [-0.3, -0.25) is 4.79 Å². The molecule has 0 radical (unpaired) electrons. The first-order valence-electron chi connectivity index (χ1n) is 4.97. The van der Waals surface area contributed by atoms with Gasteiger partial charge in [-0.25, -0.2) is 0 Å². The quantitative estimate of drug-likeness (QED) is 0.875. The highest BCUT2D eigenvalue weighted by Crippen LogP contribution is 2.20. The zero-order valence-electron chi connectivity index (χ0n) is 8.70. The Morgan fingerprint density at radius 1 is 1.69 bits per heavy atom. The van der Waals surface area contributed by atoms with E-state index in [1.807, 2.05) is 6.92 Å². The number of amides is 1. The van der Waals surface area contributed by atoms with E-state index in [9.17, 15) is 4.79 Å². The number of likely N-dealkylation sites (N-methyl/N-ethyl adjacent to an activating group) is 1. The first-order valence-corrected chi connectivity index (χ1v) is 5.34. The zero-order chi connectivity index (χ0) is 11.5. The minimum atomic E-state index is -0.571. The highest BCUT2D eigenvalue weighted by Gasteiger charge is 2.29. The van der Waals surface area contributed by atoms with Crippen LogP contribution in [-0.4, -0.2) is 24.3 Å². The number of oxime groups is 1. The van der Waals surface area contributed by atoms with Gasteiger partial charge in [-0.2, -0.15) is 0 Å². The molecule has 0 bridgehead atoms. The van der Waals surface area contributed by atoms with Crippen molar-refractivity contribution in [1.82, 2.24) is 5.32 Å². The molecule has 0 saturated carbocycles. The predicted octanol–water partition coefficient (Wildman–Crippen LogP) is 1.56. The summed E-state index contributed by atoms with van der Waals surface area (Å²) in [7, 11) is 0. The zero-order valence-corrected chi connectivity index (χ0v) is 9.45. The molecule has 0 aromatic carbocycles. The number of furan rings is 1. The number of hydrogen-bond acceptors (Lipinski definition) is 4. The highest BCUT2D eigenvalue weighted by molar-refractivity contribution is 6.29. The Kier molecular flexibility index (Phi) is 3.14. The van der Waals surface area contributed by atoms with Crippen LogP contribution in [0.3, 0.4) is 0 Å². The van der Waals surface area contributed by atoms with Crippen LogP contribution in [0.5, 0.6) is 0 Å². The molecule has 0 saturated heterocycles. The number of hydrogen-bond donors (Lipinski definition) is 1. The van der Waals surface area contributed by atoms with Crippen LogP contribution in [0, 0.1) is 0 Å². The van der Waals surface area contributed by atoms with E-state index < -0.39 is 6.10 Å². The van der Waals surface area contributed by atoms with Gasteiger partial charge >= 0.3 is 0 Å². The topological polar surface area (TPSA) is 63.8 Å². The fourth-order valence-corrected chi connectivity index (χ4v) is 1.57. The smallest absolute Gasteiger partial charge is 0.264 e. The third-order valence-corrected chi connectivity index (χ3v) is 2.37. The highest BCUT2D eigenvalue weighted by atomic mass is 35.5. The van der Waals surface area contributed by atoms with Gasteiger partial charge in [-0.15, -0.1) is 0 Å². The van der Waals surface area contributed by atoms with Crippen molar-refractivity contribution in [3.8, 4) is 0 Å². The van der Waals surface area contributed by atoms with Crippen LogP contribution in [-0.2, 0) is 9.63 Å². The lowest BCUT2D eigenvalue weighted by molar-refractivity contribution is -0.131. The number of nitrogens with zero attached hydrogens (tertiary/aromatic N) is 1. The first kappa shape index (κ1) is 11.0. The molecule has 1 aromatic rings. The average molecular weight is 243 g/mol. The summed E-state index contributed by atoms with van der Waals surface area (Å²) in [6, 6.07) is 3.32. The maximum Gasteiger partial charge on any atom is 0.264 e. The molecule has 0 spiro atoms. The van der Waals surface area contributed by atoms with Gasteiger partial charge in [-0.05, 0) is 30.7 Å². The molecule has 86 valence electrons. The van der Waals surface area contributed by atoms with Crippen LogP contribution in [0.4, 0.5) is 0 Å². The van der Waals surface area contributed by atoms with Gasteiger partial charge < -0.3 is 14.6 Å². The summed E-state index contributed by atoms with van der Waals surface area (Å²) in [5.74, 6) is 0.371. The van der Waals surface area contributed by atoms with Crippen molar-refractivity contribution < 1.29 is 14.0 Å². The molecule has 2 heterocycles. The van der Waals surface area contributed by atoms with Crippen molar-refractivity contribution >= 4 is 23.2 Å². The van der Waals surface area contributed by atoms with Crippen LogP contribution in [0.2, 0.25) is 5.22 Å². The molecule has 0 fully saturated rings. The molecule has 1 amide bonds. The van der Waals surface area contributed by atoms with Gasteiger partial charge in [0.1, 0.15) is 5.71 Å². The van der Waals surface area contributed by atoms with Gasteiger partial charge in [0.15, 0.2) is 11.0 Å². The summed E-state index contributed by atoms with van der Waals surface area (Å²) in [5, 5.41) is 6.77. The summed E-state index contributed by atoms with van der Waals surface area (Å²) in [5.41, 5.74) is 0.600. The second-order valence-corrected chi connectivity index (χ2v) is 3.71. The molecule has 6 heteroatoms. The lowest BCUT2D eigenvalue weighted by Gasteiger charge is -2.06. The average Bonchev–Trinajstić information content (AvgIpc) is 2.85. The minimum Gasteiger partial charge on any atom is -0.443 e. The van der Waals surface area contributed by atoms with E-state index in [0.29, 0.717) is 29.7 Å². The second-order valence-electron chi connectivity index (χ2n) is 3.33. The SMILES string of the molecule is CCNC(=O)C1CC(c2ccc(Cl)o2)=NO1. The van der Waals surface area contributed by atoms with E-state index in [4.69, 9.17) is 20.9 Å².